The Hall–Kier alpha value is -0.500. The molecule has 0 saturated heterocycles. The predicted molar refractivity (Wildman–Crippen MR) is 75.9 cm³/mol. The normalized spacial score (nSPS) is 18.9. The minimum Gasteiger partial charge on any atom is -0.497 e. The Morgan fingerprint density at radius 2 is 1.82 bits per heavy atom. The molecule has 0 amide bonds. The maximum absolute atomic E-state index is 5.18. The van der Waals surface area contributed by atoms with Gasteiger partial charge in [-0.1, -0.05) is 60.2 Å². The summed E-state index contributed by atoms with van der Waals surface area (Å²) in [6.45, 7) is 0. The molecule has 0 heterocycles. The van der Waals surface area contributed by atoms with Gasteiger partial charge in [0.15, 0.2) is 0 Å². The Morgan fingerprint density at radius 1 is 1.18 bits per heavy atom. The van der Waals surface area contributed by atoms with E-state index >= 15 is 0 Å². The van der Waals surface area contributed by atoms with Crippen LogP contribution in [0, 0.1) is 5.92 Å². The average Bonchev–Trinajstić information content (AvgIpc) is 2.40. The van der Waals surface area contributed by atoms with Crippen molar-refractivity contribution in [1.82, 2.24) is 0 Å². The minimum atomic E-state index is 0.497. The fourth-order valence-corrected chi connectivity index (χ4v) is 3.50. The van der Waals surface area contributed by atoms with E-state index in [1.807, 2.05) is 12.1 Å². The van der Waals surface area contributed by atoms with Gasteiger partial charge in [0, 0.05) is 4.83 Å². The summed E-state index contributed by atoms with van der Waals surface area (Å²) in [5, 5.41) is 0. The highest BCUT2D eigenvalue weighted by Crippen LogP contribution is 2.36. The van der Waals surface area contributed by atoms with Crippen molar-refractivity contribution in [2.75, 3.05) is 7.11 Å². The third-order valence-corrected chi connectivity index (χ3v) is 4.64. The Bertz CT molecular complexity index is 327. The molecular weight excluding hydrogens is 276 g/mol. The highest BCUT2D eigenvalue weighted by atomic mass is 79.9. The lowest BCUT2D eigenvalue weighted by Gasteiger charge is -2.24. The van der Waals surface area contributed by atoms with Gasteiger partial charge in [0.2, 0.25) is 0 Å². The lowest BCUT2D eigenvalue weighted by atomic mass is 9.85. The minimum absolute atomic E-state index is 0.497. The van der Waals surface area contributed by atoms with Crippen molar-refractivity contribution >= 4 is 15.9 Å². The largest absolute Gasteiger partial charge is 0.497 e. The molecule has 1 nitrogen and oxygen atoms in total. The SMILES string of the molecule is COc1ccc(C(Br)CC2CCCCC2)cc1. The maximum atomic E-state index is 5.18. The molecule has 0 aliphatic heterocycles. The van der Waals surface area contributed by atoms with Crippen molar-refractivity contribution in [1.29, 1.82) is 0 Å². The lowest BCUT2D eigenvalue weighted by Crippen LogP contribution is -2.08. The van der Waals surface area contributed by atoms with Gasteiger partial charge in [0.25, 0.3) is 0 Å². The Labute approximate surface area is 113 Å². The fourth-order valence-electron chi connectivity index (χ4n) is 2.66. The Balaban J connectivity index is 1.91. The first kappa shape index (κ1) is 12.9. The van der Waals surface area contributed by atoms with Crippen LogP contribution in [0.5, 0.6) is 5.75 Å². The van der Waals surface area contributed by atoms with Gasteiger partial charge in [0.05, 0.1) is 7.11 Å². The summed E-state index contributed by atoms with van der Waals surface area (Å²) >= 11 is 3.83. The number of halogens is 1. The van der Waals surface area contributed by atoms with Crippen molar-refractivity contribution in [2.24, 2.45) is 5.92 Å². The van der Waals surface area contributed by atoms with E-state index in [4.69, 9.17) is 4.74 Å². The molecule has 0 bridgehead atoms. The van der Waals surface area contributed by atoms with E-state index in [1.54, 1.807) is 7.11 Å². The van der Waals surface area contributed by atoms with Gasteiger partial charge in [-0.25, -0.2) is 0 Å². The first-order valence-corrected chi connectivity index (χ1v) is 7.49. The molecule has 0 spiro atoms. The molecular formula is C15H21BrO. The monoisotopic (exact) mass is 296 g/mol. The summed E-state index contributed by atoms with van der Waals surface area (Å²) < 4.78 is 5.18. The molecule has 94 valence electrons. The van der Waals surface area contributed by atoms with Crippen LogP contribution in [-0.4, -0.2) is 7.11 Å². The first-order valence-electron chi connectivity index (χ1n) is 6.57. The quantitative estimate of drug-likeness (QED) is 0.702. The van der Waals surface area contributed by atoms with E-state index in [2.05, 4.69) is 28.1 Å². The topological polar surface area (TPSA) is 9.23 Å². The number of ether oxygens (including phenoxy) is 1. The summed E-state index contributed by atoms with van der Waals surface area (Å²) in [5.41, 5.74) is 1.37. The van der Waals surface area contributed by atoms with E-state index in [0.29, 0.717) is 4.83 Å². The van der Waals surface area contributed by atoms with Crippen LogP contribution in [0.2, 0.25) is 0 Å². The summed E-state index contributed by atoms with van der Waals surface area (Å²) in [7, 11) is 1.71. The number of methoxy groups -OCH3 is 1. The molecule has 0 aromatic heterocycles. The number of benzene rings is 1. The molecule has 1 unspecified atom stereocenters. The van der Waals surface area contributed by atoms with E-state index < -0.39 is 0 Å². The summed E-state index contributed by atoms with van der Waals surface area (Å²) in [4.78, 5) is 0.497. The Kier molecular flexibility index (Phi) is 4.90. The van der Waals surface area contributed by atoms with Crippen molar-refractivity contribution in [3.05, 3.63) is 29.8 Å². The molecule has 1 fully saturated rings. The zero-order chi connectivity index (χ0) is 12.1. The highest BCUT2D eigenvalue weighted by molar-refractivity contribution is 9.09. The van der Waals surface area contributed by atoms with Crippen LogP contribution < -0.4 is 4.74 Å². The molecule has 1 aliphatic carbocycles. The van der Waals surface area contributed by atoms with Crippen LogP contribution in [0.25, 0.3) is 0 Å². The molecule has 1 atom stereocenters. The smallest absolute Gasteiger partial charge is 0.118 e. The molecule has 2 heteroatoms. The van der Waals surface area contributed by atoms with Gasteiger partial charge in [0.1, 0.15) is 5.75 Å². The van der Waals surface area contributed by atoms with E-state index in [1.165, 1.54) is 44.1 Å². The summed E-state index contributed by atoms with van der Waals surface area (Å²) in [5.74, 6) is 1.85. The molecule has 1 aromatic rings. The number of rotatable bonds is 4. The molecule has 1 aromatic carbocycles. The van der Waals surface area contributed by atoms with Gasteiger partial charge in [-0.3, -0.25) is 0 Å². The van der Waals surface area contributed by atoms with Crippen molar-refractivity contribution in [3.63, 3.8) is 0 Å². The van der Waals surface area contributed by atoms with E-state index in [0.717, 1.165) is 11.7 Å². The fraction of sp³-hybridized carbons (Fsp3) is 0.600. The molecule has 0 N–H and O–H groups in total. The Morgan fingerprint density at radius 3 is 2.41 bits per heavy atom. The van der Waals surface area contributed by atoms with Crippen molar-refractivity contribution in [3.8, 4) is 5.75 Å². The van der Waals surface area contributed by atoms with Crippen LogP contribution in [0.1, 0.15) is 48.9 Å². The van der Waals surface area contributed by atoms with Crippen LogP contribution in [0.4, 0.5) is 0 Å². The third kappa shape index (κ3) is 3.74. The average molecular weight is 297 g/mol. The maximum Gasteiger partial charge on any atom is 0.118 e. The molecule has 0 radical (unpaired) electrons. The zero-order valence-corrected chi connectivity index (χ0v) is 12.1. The van der Waals surface area contributed by atoms with E-state index in [-0.39, 0.29) is 0 Å². The second kappa shape index (κ2) is 6.44. The molecule has 1 aliphatic rings. The third-order valence-electron chi connectivity index (χ3n) is 3.74. The molecule has 2 rings (SSSR count). The number of alkyl halides is 1. The van der Waals surface area contributed by atoms with Gasteiger partial charge >= 0.3 is 0 Å². The number of hydrogen-bond acceptors (Lipinski definition) is 1. The molecule has 17 heavy (non-hydrogen) atoms. The van der Waals surface area contributed by atoms with Crippen LogP contribution >= 0.6 is 15.9 Å². The lowest BCUT2D eigenvalue weighted by molar-refractivity contribution is 0.338. The van der Waals surface area contributed by atoms with Crippen molar-refractivity contribution < 1.29 is 4.74 Å². The van der Waals surface area contributed by atoms with Crippen LogP contribution in [0.3, 0.4) is 0 Å². The first-order chi connectivity index (χ1) is 8.29. The molecule has 1 saturated carbocycles. The van der Waals surface area contributed by atoms with Crippen LogP contribution in [0.15, 0.2) is 24.3 Å². The van der Waals surface area contributed by atoms with Crippen molar-refractivity contribution in [2.45, 2.75) is 43.4 Å². The van der Waals surface area contributed by atoms with Crippen LogP contribution in [-0.2, 0) is 0 Å². The summed E-state index contributed by atoms with van der Waals surface area (Å²) in [6.07, 6.45) is 8.38. The highest BCUT2D eigenvalue weighted by Gasteiger charge is 2.18. The van der Waals surface area contributed by atoms with E-state index in [9.17, 15) is 0 Å². The van der Waals surface area contributed by atoms with Gasteiger partial charge < -0.3 is 4.74 Å². The second-order valence-corrected chi connectivity index (χ2v) is 6.09. The predicted octanol–water partition coefficient (Wildman–Crippen LogP) is 5.10. The second-order valence-electron chi connectivity index (χ2n) is 4.98. The summed E-state index contributed by atoms with van der Waals surface area (Å²) in [6, 6.07) is 8.43. The van der Waals surface area contributed by atoms with Gasteiger partial charge in [-0.2, -0.15) is 0 Å². The number of hydrogen-bond donors (Lipinski definition) is 0. The van der Waals surface area contributed by atoms with Gasteiger partial charge in [-0.15, -0.1) is 0 Å². The zero-order valence-electron chi connectivity index (χ0n) is 10.5. The van der Waals surface area contributed by atoms with Gasteiger partial charge in [-0.05, 0) is 30.0 Å². The standard InChI is InChI=1S/C15H21BrO/c1-17-14-9-7-13(8-10-14)15(16)11-12-5-3-2-4-6-12/h7-10,12,15H,2-6,11H2,1H3.